The summed E-state index contributed by atoms with van der Waals surface area (Å²) in [5, 5.41) is 3.26. The van der Waals surface area contributed by atoms with Gasteiger partial charge in [-0.15, -0.1) is 0 Å². The van der Waals surface area contributed by atoms with Gasteiger partial charge in [0.15, 0.2) is 0 Å². The lowest BCUT2D eigenvalue weighted by molar-refractivity contribution is 0.618. The number of rotatable bonds is 3. The Kier molecular flexibility index (Phi) is 3.32. The molecule has 0 aliphatic rings. The van der Waals surface area contributed by atoms with Gasteiger partial charge in [0.25, 0.3) is 0 Å². The Hall–Kier alpha value is -1.97. The highest BCUT2D eigenvalue weighted by Gasteiger charge is 2.07. The summed E-state index contributed by atoms with van der Waals surface area (Å²) in [6.45, 7) is 3.73. The first-order chi connectivity index (χ1) is 8.16. The lowest BCUT2D eigenvalue weighted by Crippen LogP contribution is -2.08. The van der Waals surface area contributed by atoms with Crippen molar-refractivity contribution in [3.05, 3.63) is 53.9 Å². The molecule has 2 rings (SSSR count). The minimum atomic E-state index is -0.192. The summed E-state index contributed by atoms with van der Waals surface area (Å²) in [4.78, 5) is 8.23. The zero-order chi connectivity index (χ0) is 12.3. The fourth-order valence-corrected chi connectivity index (χ4v) is 1.59. The highest BCUT2D eigenvalue weighted by Crippen LogP contribution is 2.19. The molecular formula is C13H14FN3. The molecule has 0 spiro atoms. The first-order valence-corrected chi connectivity index (χ1v) is 5.45. The molecule has 0 bridgehead atoms. The second-order valence-electron chi connectivity index (χ2n) is 3.96. The molecule has 1 heterocycles. The Morgan fingerprint density at radius 2 is 2.12 bits per heavy atom. The van der Waals surface area contributed by atoms with Crippen LogP contribution >= 0.6 is 0 Å². The van der Waals surface area contributed by atoms with Crippen LogP contribution < -0.4 is 5.32 Å². The van der Waals surface area contributed by atoms with Crippen LogP contribution in [-0.2, 0) is 0 Å². The van der Waals surface area contributed by atoms with E-state index in [-0.39, 0.29) is 11.9 Å². The molecule has 0 aliphatic carbocycles. The zero-order valence-corrected chi connectivity index (χ0v) is 9.81. The summed E-state index contributed by atoms with van der Waals surface area (Å²) in [5.74, 6) is -0.192. The van der Waals surface area contributed by atoms with E-state index < -0.39 is 0 Å². The van der Waals surface area contributed by atoms with Gasteiger partial charge in [-0.2, -0.15) is 0 Å². The van der Waals surface area contributed by atoms with Crippen molar-refractivity contribution in [1.29, 1.82) is 0 Å². The molecule has 0 aliphatic heterocycles. The van der Waals surface area contributed by atoms with E-state index in [1.807, 2.05) is 6.92 Å². The molecule has 0 radical (unpaired) electrons. The molecule has 17 heavy (non-hydrogen) atoms. The van der Waals surface area contributed by atoms with Gasteiger partial charge < -0.3 is 5.32 Å². The SMILES string of the molecule is Cc1cc(NC(C)c2cnccn2)ccc1F. The summed E-state index contributed by atoms with van der Waals surface area (Å²) < 4.78 is 13.1. The maximum absolute atomic E-state index is 13.1. The Bertz CT molecular complexity index is 499. The van der Waals surface area contributed by atoms with Crippen LogP contribution in [0.3, 0.4) is 0 Å². The second kappa shape index (κ2) is 4.91. The molecule has 1 atom stereocenters. The standard InChI is InChI=1S/C13H14FN3/c1-9-7-11(3-4-12(9)14)17-10(2)13-8-15-5-6-16-13/h3-8,10,17H,1-2H3. The van der Waals surface area contributed by atoms with Gasteiger partial charge >= 0.3 is 0 Å². The number of nitrogens with zero attached hydrogens (tertiary/aromatic N) is 2. The number of hydrogen-bond acceptors (Lipinski definition) is 3. The smallest absolute Gasteiger partial charge is 0.126 e. The van der Waals surface area contributed by atoms with Gasteiger partial charge in [-0.1, -0.05) is 0 Å². The van der Waals surface area contributed by atoms with Crippen LogP contribution in [0.25, 0.3) is 0 Å². The third kappa shape index (κ3) is 2.78. The predicted octanol–water partition coefficient (Wildman–Crippen LogP) is 3.10. The molecule has 1 unspecified atom stereocenters. The number of nitrogens with one attached hydrogen (secondary N) is 1. The van der Waals surface area contributed by atoms with Crippen molar-refractivity contribution in [3.63, 3.8) is 0 Å². The molecular weight excluding hydrogens is 217 g/mol. The van der Waals surface area contributed by atoms with Crippen molar-refractivity contribution in [3.8, 4) is 0 Å². The highest BCUT2D eigenvalue weighted by molar-refractivity contribution is 5.47. The fourth-order valence-electron chi connectivity index (χ4n) is 1.59. The maximum Gasteiger partial charge on any atom is 0.126 e. The monoisotopic (exact) mass is 231 g/mol. The summed E-state index contributed by atoms with van der Waals surface area (Å²) in [6, 6.07) is 4.99. The molecule has 3 nitrogen and oxygen atoms in total. The van der Waals surface area contributed by atoms with Gasteiger partial charge in [0.2, 0.25) is 0 Å². The van der Waals surface area contributed by atoms with Crippen molar-refractivity contribution < 1.29 is 4.39 Å². The number of aryl methyl sites for hydroxylation is 1. The van der Waals surface area contributed by atoms with Crippen molar-refractivity contribution in [2.75, 3.05) is 5.32 Å². The van der Waals surface area contributed by atoms with Gasteiger partial charge in [0, 0.05) is 18.1 Å². The largest absolute Gasteiger partial charge is 0.377 e. The summed E-state index contributed by atoms with van der Waals surface area (Å²) in [5.41, 5.74) is 2.36. The van der Waals surface area contributed by atoms with Crippen LogP contribution in [0.15, 0.2) is 36.8 Å². The molecule has 1 N–H and O–H groups in total. The average molecular weight is 231 g/mol. The number of halogens is 1. The van der Waals surface area contributed by atoms with Crippen LogP contribution in [-0.4, -0.2) is 9.97 Å². The van der Waals surface area contributed by atoms with E-state index in [0.717, 1.165) is 11.4 Å². The van der Waals surface area contributed by atoms with Gasteiger partial charge in [-0.25, -0.2) is 4.39 Å². The van der Waals surface area contributed by atoms with E-state index in [9.17, 15) is 4.39 Å². The average Bonchev–Trinajstić information content (AvgIpc) is 2.35. The third-order valence-electron chi connectivity index (χ3n) is 2.57. The van der Waals surface area contributed by atoms with Crippen LogP contribution in [0.5, 0.6) is 0 Å². The molecule has 0 fully saturated rings. The highest BCUT2D eigenvalue weighted by atomic mass is 19.1. The first-order valence-electron chi connectivity index (χ1n) is 5.45. The number of anilines is 1. The Morgan fingerprint density at radius 1 is 1.29 bits per heavy atom. The molecule has 0 saturated carbocycles. The molecule has 0 saturated heterocycles. The Balaban J connectivity index is 2.13. The maximum atomic E-state index is 13.1. The number of aromatic nitrogens is 2. The minimum absolute atomic E-state index is 0.0357. The van der Waals surface area contributed by atoms with E-state index in [4.69, 9.17) is 0 Å². The van der Waals surface area contributed by atoms with Crippen molar-refractivity contribution in [2.45, 2.75) is 19.9 Å². The third-order valence-corrected chi connectivity index (χ3v) is 2.57. The zero-order valence-electron chi connectivity index (χ0n) is 9.81. The minimum Gasteiger partial charge on any atom is -0.377 e. The van der Waals surface area contributed by atoms with Crippen LogP contribution in [0.1, 0.15) is 24.2 Å². The number of hydrogen-bond donors (Lipinski definition) is 1. The van der Waals surface area contributed by atoms with E-state index in [1.54, 1.807) is 37.6 Å². The second-order valence-corrected chi connectivity index (χ2v) is 3.96. The molecule has 2 aromatic rings. The van der Waals surface area contributed by atoms with Crippen LogP contribution in [0, 0.1) is 12.7 Å². The van der Waals surface area contributed by atoms with Crippen LogP contribution in [0.4, 0.5) is 10.1 Å². The molecule has 1 aromatic heterocycles. The van der Waals surface area contributed by atoms with Gasteiger partial charge in [0.1, 0.15) is 5.82 Å². The molecule has 1 aromatic carbocycles. The molecule has 4 heteroatoms. The number of benzene rings is 1. The van der Waals surface area contributed by atoms with E-state index in [1.165, 1.54) is 6.07 Å². The molecule has 88 valence electrons. The predicted molar refractivity (Wildman–Crippen MR) is 65.2 cm³/mol. The summed E-state index contributed by atoms with van der Waals surface area (Å²) >= 11 is 0. The van der Waals surface area contributed by atoms with Crippen LogP contribution in [0.2, 0.25) is 0 Å². The first kappa shape index (κ1) is 11.5. The van der Waals surface area contributed by atoms with Crippen molar-refractivity contribution in [2.24, 2.45) is 0 Å². The van der Waals surface area contributed by atoms with E-state index in [2.05, 4.69) is 15.3 Å². The van der Waals surface area contributed by atoms with Crippen molar-refractivity contribution in [1.82, 2.24) is 9.97 Å². The van der Waals surface area contributed by atoms with Gasteiger partial charge in [0.05, 0.1) is 17.9 Å². The topological polar surface area (TPSA) is 37.8 Å². The normalized spacial score (nSPS) is 12.2. The van der Waals surface area contributed by atoms with Gasteiger partial charge in [-0.05, 0) is 37.6 Å². The quantitative estimate of drug-likeness (QED) is 0.882. The van der Waals surface area contributed by atoms with E-state index in [0.29, 0.717) is 5.56 Å². The van der Waals surface area contributed by atoms with Gasteiger partial charge in [-0.3, -0.25) is 9.97 Å². The Morgan fingerprint density at radius 3 is 2.76 bits per heavy atom. The summed E-state index contributed by atoms with van der Waals surface area (Å²) in [7, 11) is 0. The lowest BCUT2D eigenvalue weighted by atomic mass is 10.2. The Labute approximate surface area is 99.7 Å². The van der Waals surface area contributed by atoms with E-state index >= 15 is 0 Å². The molecule has 0 amide bonds. The summed E-state index contributed by atoms with van der Waals surface area (Å²) in [6.07, 6.45) is 5.01. The van der Waals surface area contributed by atoms with Crippen molar-refractivity contribution >= 4 is 5.69 Å². The fraction of sp³-hybridized carbons (Fsp3) is 0.231. The lowest BCUT2D eigenvalue weighted by Gasteiger charge is -2.14.